The predicted octanol–water partition coefficient (Wildman–Crippen LogP) is 4.38. The summed E-state index contributed by atoms with van der Waals surface area (Å²) >= 11 is 7.29. The highest BCUT2D eigenvalue weighted by atomic mass is 127. The van der Waals surface area contributed by atoms with E-state index in [1.807, 2.05) is 0 Å². The zero-order valence-electron chi connectivity index (χ0n) is 8.53. The van der Waals surface area contributed by atoms with Gasteiger partial charge in [0, 0.05) is 12.7 Å². The van der Waals surface area contributed by atoms with Gasteiger partial charge in [0.1, 0.15) is 5.75 Å². The highest BCUT2D eigenvalue weighted by Gasteiger charge is 2.24. The van der Waals surface area contributed by atoms with Gasteiger partial charge < -0.3 is 4.74 Å². The minimum absolute atomic E-state index is 0.639. The largest absolute Gasteiger partial charge is 0.492 e. The van der Waals surface area contributed by atoms with Gasteiger partial charge in [-0.1, -0.05) is 6.92 Å². The van der Waals surface area contributed by atoms with Crippen LogP contribution in [0.4, 0.5) is 0 Å². The first-order valence-corrected chi connectivity index (χ1v) is 8.04. The molecule has 0 spiro atoms. The van der Waals surface area contributed by atoms with Gasteiger partial charge in [-0.3, -0.25) is 0 Å². The van der Waals surface area contributed by atoms with E-state index in [0.29, 0.717) is 5.92 Å². The molecule has 82 valence electrons. The topological polar surface area (TPSA) is 9.23 Å². The summed E-state index contributed by atoms with van der Waals surface area (Å²) in [5.74, 6) is 1.77. The minimum atomic E-state index is 0.639. The molecule has 1 nitrogen and oxygen atoms in total. The van der Waals surface area contributed by atoms with Crippen LogP contribution in [0.1, 0.15) is 18.1 Å². The van der Waals surface area contributed by atoms with Gasteiger partial charge in [-0.15, -0.1) is 0 Å². The van der Waals surface area contributed by atoms with Crippen molar-refractivity contribution in [1.82, 2.24) is 0 Å². The van der Waals surface area contributed by atoms with Crippen molar-refractivity contribution < 1.29 is 4.74 Å². The number of ether oxygens (including phenoxy) is 1. The lowest BCUT2D eigenvalue weighted by molar-refractivity contribution is 0.231. The molecule has 1 unspecified atom stereocenters. The molecule has 0 amide bonds. The summed E-state index contributed by atoms with van der Waals surface area (Å²) in [4.78, 5) is 0. The van der Waals surface area contributed by atoms with Gasteiger partial charge >= 0.3 is 0 Å². The van der Waals surface area contributed by atoms with Crippen LogP contribution >= 0.6 is 67.8 Å². The molecule has 1 heterocycles. The van der Waals surface area contributed by atoms with Gasteiger partial charge in [0.2, 0.25) is 0 Å². The summed E-state index contributed by atoms with van der Waals surface area (Å²) in [5, 5.41) is 0. The molecule has 0 saturated carbocycles. The van der Waals surface area contributed by atoms with Gasteiger partial charge in [-0.05, 0) is 92.6 Å². The highest BCUT2D eigenvalue weighted by Crippen LogP contribution is 2.39. The Morgan fingerprint density at radius 3 is 2.47 bits per heavy atom. The van der Waals surface area contributed by atoms with Crippen molar-refractivity contribution in [2.45, 2.75) is 20.3 Å². The number of rotatable bonds is 0. The number of benzene rings is 1. The van der Waals surface area contributed by atoms with Crippen LogP contribution in [0.25, 0.3) is 0 Å². The number of halogens is 3. The third-order valence-electron chi connectivity index (χ3n) is 2.65. The normalized spacial score (nSPS) is 19.7. The van der Waals surface area contributed by atoms with E-state index in [2.05, 4.69) is 81.6 Å². The maximum absolute atomic E-state index is 5.87. The second-order valence-electron chi connectivity index (χ2n) is 3.99. The number of fused-ring (bicyclic) bond motifs is 1. The fourth-order valence-electron chi connectivity index (χ4n) is 1.76. The lowest BCUT2D eigenvalue weighted by atomic mass is 9.97. The number of hydrogen-bond acceptors (Lipinski definition) is 1. The molecule has 1 aliphatic heterocycles. The van der Waals surface area contributed by atoms with E-state index in [0.717, 1.165) is 18.8 Å². The first-order valence-electron chi connectivity index (χ1n) is 4.81. The summed E-state index contributed by atoms with van der Waals surface area (Å²) < 4.78 is 9.92. The average Bonchev–Trinajstić information content (AvgIpc) is 2.23. The Bertz CT molecular complexity index is 415. The van der Waals surface area contributed by atoms with E-state index in [9.17, 15) is 0 Å². The molecular weight excluding hydrogens is 529 g/mol. The van der Waals surface area contributed by atoms with E-state index < -0.39 is 0 Å². The monoisotopic (exact) mass is 540 g/mol. The predicted molar refractivity (Wildman–Crippen MR) is 87.7 cm³/mol. The molecule has 1 aromatic rings. The lowest BCUT2D eigenvalue weighted by Gasteiger charge is -2.26. The second-order valence-corrected chi connectivity index (χ2v) is 7.23. The van der Waals surface area contributed by atoms with Crippen LogP contribution in [0.15, 0.2) is 0 Å². The zero-order valence-corrected chi connectivity index (χ0v) is 15.0. The Labute approximate surface area is 131 Å². The summed E-state index contributed by atoms with van der Waals surface area (Å²) in [6.45, 7) is 5.28. The van der Waals surface area contributed by atoms with Gasteiger partial charge in [0.05, 0.1) is 10.2 Å². The van der Waals surface area contributed by atoms with Crippen LogP contribution in [0.2, 0.25) is 0 Å². The summed E-state index contributed by atoms with van der Waals surface area (Å²) in [6, 6.07) is 0. The van der Waals surface area contributed by atoms with Crippen molar-refractivity contribution in [2.75, 3.05) is 6.61 Å². The first-order chi connectivity index (χ1) is 7.02. The smallest absolute Gasteiger partial charge is 0.137 e. The molecule has 15 heavy (non-hydrogen) atoms. The third-order valence-corrected chi connectivity index (χ3v) is 7.52. The lowest BCUT2D eigenvalue weighted by Crippen LogP contribution is -2.21. The van der Waals surface area contributed by atoms with Crippen LogP contribution in [0, 0.1) is 23.6 Å². The average molecular weight is 540 g/mol. The maximum Gasteiger partial charge on any atom is 0.137 e. The minimum Gasteiger partial charge on any atom is -0.492 e. The second kappa shape index (κ2) is 4.83. The van der Waals surface area contributed by atoms with Crippen molar-refractivity contribution >= 4 is 67.8 Å². The SMILES string of the molecule is Cc1c(I)c(I)c2c(c1I)OCC(C)C2. The molecule has 0 aromatic heterocycles. The van der Waals surface area contributed by atoms with Crippen LogP contribution in [0.3, 0.4) is 0 Å². The Morgan fingerprint density at radius 1 is 1.13 bits per heavy atom. The fourth-order valence-corrected chi connectivity index (χ4v) is 4.49. The highest BCUT2D eigenvalue weighted by molar-refractivity contribution is 14.1. The van der Waals surface area contributed by atoms with E-state index >= 15 is 0 Å². The van der Waals surface area contributed by atoms with Crippen molar-refractivity contribution in [1.29, 1.82) is 0 Å². The molecule has 1 atom stereocenters. The van der Waals surface area contributed by atoms with Crippen LogP contribution in [-0.2, 0) is 6.42 Å². The zero-order chi connectivity index (χ0) is 11.2. The Morgan fingerprint density at radius 2 is 1.80 bits per heavy atom. The van der Waals surface area contributed by atoms with Crippen molar-refractivity contribution in [3.8, 4) is 5.75 Å². The van der Waals surface area contributed by atoms with Gasteiger partial charge in [0.15, 0.2) is 0 Å². The molecule has 1 aromatic carbocycles. The molecule has 0 N–H and O–H groups in total. The van der Waals surface area contributed by atoms with Crippen molar-refractivity contribution in [3.63, 3.8) is 0 Å². The molecule has 0 radical (unpaired) electrons. The molecule has 0 aliphatic carbocycles. The van der Waals surface area contributed by atoms with Gasteiger partial charge in [-0.2, -0.15) is 0 Å². The molecule has 0 saturated heterocycles. The molecule has 1 aliphatic rings. The van der Waals surface area contributed by atoms with E-state index in [1.165, 1.54) is 21.8 Å². The standard InChI is InChI=1S/C11H11I3O/c1-5-3-7-10(14)8(12)6(2)9(13)11(7)15-4-5/h5H,3-4H2,1-2H3. The fraction of sp³-hybridized carbons (Fsp3) is 0.455. The van der Waals surface area contributed by atoms with Crippen LogP contribution < -0.4 is 4.74 Å². The maximum atomic E-state index is 5.87. The van der Waals surface area contributed by atoms with Crippen molar-refractivity contribution in [2.24, 2.45) is 5.92 Å². The van der Waals surface area contributed by atoms with Crippen LogP contribution in [-0.4, -0.2) is 6.61 Å². The van der Waals surface area contributed by atoms with E-state index in [1.54, 1.807) is 0 Å². The Kier molecular flexibility index (Phi) is 4.08. The van der Waals surface area contributed by atoms with E-state index in [4.69, 9.17) is 4.74 Å². The molecule has 4 heteroatoms. The Balaban J connectivity index is 2.65. The summed E-state index contributed by atoms with van der Waals surface area (Å²) in [6.07, 6.45) is 1.15. The first kappa shape index (κ1) is 12.7. The molecule has 0 bridgehead atoms. The summed E-state index contributed by atoms with van der Waals surface area (Å²) in [7, 11) is 0. The third kappa shape index (κ3) is 2.27. The van der Waals surface area contributed by atoms with Crippen LogP contribution in [0.5, 0.6) is 5.75 Å². The molecule has 2 rings (SSSR count). The van der Waals surface area contributed by atoms with Gasteiger partial charge in [0.25, 0.3) is 0 Å². The summed E-state index contributed by atoms with van der Waals surface area (Å²) in [5.41, 5.74) is 2.77. The van der Waals surface area contributed by atoms with Crippen molar-refractivity contribution in [3.05, 3.63) is 21.8 Å². The van der Waals surface area contributed by atoms with E-state index in [-0.39, 0.29) is 0 Å². The number of hydrogen-bond donors (Lipinski definition) is 0. The quantitative estimate of drug-likeness (QED) is 0.351. The molecular formula is C11H11I3O. The van der Waals surface area contributed by atoms with Gasteiger partial charge in [-0.25, -0.2) is 0 Å². The molecule has 0 fully saturated rings. The Hall–Kier alpha value is 1.21.